The molecule has 11 nitrogen and oxygen atoms in total. The van der Waals surface area contributed by atoms with Crippen molar-refractivity contribution in [3.05, 3.63) is 65.7 Å². The highest BCUT2D eigenvalue weighted by molar-refractivity contribution is 7.92. The normalized spacial score (nSPS) is 14.8. The first kappa shape index (κ1) is 25.4. The zero-order valence-corrected chi connectivity index (χ0v) is 20.2. The van der Waals surface area contributed by atoms with Gasteiger partial charge in [-0.25, -0.2) is 14.0 Å². The molecule has 0 aliphatic carbocycles. The number of hydrogen-bond donors (Lipinski definition) is 5. The Balaban J connectivity index is 1.77. The van der Waals surface area contributed by atoms with Crippen LogP contribution in [0, 0.1) is 0 Å². The number of rotatable bonds is 11. The lowest BCUT2D eigenvalue weighted by atomic mass is 10.1. The zero-order chi connectivity index (χ0) is 24.8. The van der Waals surface area contributed by atoms with Crippen molar-refractivity contribution >= 4 is 27.5 Å². The Hall–Kier alpha value is -3.19. The van der Waals surface area contributed by atoms with Crippen LogP contribution in [-0.4, -0.2) is 49.6 Å². The molecule has 0 saturated carbocycles. The summed E-state index contributed by atoms with van der Waals surface area (Å²) in [6.45, 7) is 3.97. The van der Waals surface area contributed by atoms with Gasteiger partial charge in [0.1, 0.15) is 6.04 Å². The van der Waals surface area contributed by atoms with Gasteiger partial charge in [-0.05, 0) is 31.0 Å². The highest BCUT2D eigenvalue weighted by atomic mass is 32.2. The smallest absolute Gasteiger partial charge is 0.240 e. The number of hydrogen-bond acceptors (Lipinski definition) is 9. The molecule has 34 heavy (non-hydrogen) atoms. The van der Waals surface area contributed by atoms with Crippen molar-refractivity contribution in [1.29, 1.82) is 0 Å². The SMILES string of the molecule is CC(C)(N)C(=O)N[C@H](COCc1ccccc1)C1=NNNN1Cc1ccccc1NS(C)(=O)=O. The average Bonchev–Trinajstić information content (AvgIpc) is 3.21. The number of hydrazine groups is 2. The number of amidine groups is 1. The Morgan fingerprint density at radius 3 is 2.53 bits per heavy atom. The summed E-state index contributed by atoms with van der Waals surface area (Å²) in [6, 6.07) is 16.1. The van der Waals surface area contributed by atoms with E-state index >= 15 is 0 Å². The van der Waals surface area contributed by atoms with Gasteiger partial charge in [0, 0.05) is 0 Å². The van der Waals surface area contributed by atoms with Gasteiger partial charge >= 0.3 is 0 Å². The fourth-order valence-corrected chi connectivity index (χ4v) is 3.77. The molecular formula is C22H31N7O4S. The Labute approximate surface area is 199 Å². The van der Waals surface area contributed by atoms with E-state index in [0.29, 0.717) is 23.7 Å². The molecule has 3 rings (SSSR count). The molecule has 1 heterocycles. The number of sulfonamides is 1. The third-order valence-corrected chi connectivity index (χ3v) is 5.46. The Kier molecular flexibility index (Phi) is 8.10. The molecule has 0 unspecified atom stereocenters. The van der Waals surface area contributed by atoms with Crippen molar-refractivity contribution in [2.45, 2.75) is 38.6 Å². The second-order valence-corrected chi connectivity index (χ2v) is 10.3. The molecule has 0 saturated heterocycles. The third kappa shape index (κ3) is 7.42. The Morgan fingerprint density at radius 1 is 1.18 bits per heavy atom. The van der Waals surface area contributed by atoms with Gasteiger partial charge in [-0.3, -0.25) is 14.5 Å². The fourth-order valence-electron chi connectivity index (χ4n) is 3.17. The van der Waals surface area contributed by atoms with E-state index in [1.807, 2.05) is 36.4 Å². The van der Waals surface area contributed by atoms with Crippen LogP contribution in [0.1, 0.15) is 25.0 Å². The zero-order valence-electron chi connectivity index (χ0n) is 19.4. The van der Waals surface area contributed by atoms with E-state index < -0.39 is 21.6 Å². The van der Waals surface area contributed by atoms with Gasteiger partial charge in [-0.15, -0.1) is 10.6 Å². The lowest BCUT2D eigenvalue weighted by molar-refractivity contribution is -0.126. The van der Waals surface area contributed by atoms with Crippen molar-refractivity contribution in [1.82, 2.24) is 21.4 Å². The maximum Gasteiger partial charge on any atom is 0.240 e. The van der Waals surface area contributed by atoms with Crippen LogP contribution in [0.25, 0.3) is 0 Å². The minimum absolute atomic E-state index is 0.138. The van der Waals surface area contributed by atoms with Gasteiger partial charge in [0.15, 0.2) is 5.84 Å². The first-order chi connectivity index (χ1) is 16.0. The fraction of sp³-hybridized carbons (Fsp3) is 0.364. The van der Waals surface area contributed by atoms with Crippen molar-refractivity contribution in [3.8, 4) is 0 Å². The number of para-hydroxylation sites is 1. The molecule has 1 aliphatic heterocycles. The first-order valence-corrected chi connectivity index (χ1v) is 12.5. The number of benzene rings is 2. The molecule has 1 atom stereocenters. The maximum absolute atomic E-state index is 12.7. The third-order valence-electron chi connectivity index (χ3n) is 4.87. The molecule has 0 radical (unpaired) electrons. The topological polar surface area (TPSA) is 150 Å². The largest absolute Gasteiger partial charge is 0.374 e. The number of nitrogens with zero attached hydrogens (tertiary/aromatic N) is 2. The molecule has 6 N–H and O–H groups in total. The van der Waals surface area contributed by atoms with Crippen molar-refractivity contribution in [2.24, 2.45) is 10.8 Å². The van der Waals surface area contributed by atoms with Crippen LogP contribution in [-0.2, 0) is 32.7 Å². The van der Waals surface area contributed by atoms with Crippen molar-refractivity contribution in [3.63, 3.8) is 0 Å². The van der Waals surface area contributed by atoms with Gasteiger partial charge in [0.25, 0.3) is 0 Å². The number of nitrogens with one attached hydrogen (secondary N) is 4. The molecule has 0 fully saturated rings. The summed E-state index contributed by atoms with van der Waals surface area (Å²) >= 11 is 0. The molecule has 12 heteroatoms. The lowest BCUT2D eigenvalue weighted by Gasteiger charge is -2.28. The van der Waals surface area contributed by atoms with Crippen molar-refractivity contribution < 1.29 is 17.9 Å². The number of anilines is 1. The Morgan fingerprint density at radius 2 is 1.85 bits per heavy atom. The van der Waals surface area contributed by atoms with Crippen molar-refractivity contribution in [2.75, 3.05) is 17.6 Å². The predicted molar refractivity (Wildman–Crippen MR) is 130 cm³/mol. The van der Waals surface area contributed by atoms with Gasteiger partial charge in [-0.2, -0.15) is 0 Å². The number of ether oxygens (including phenoxy) is 1. The van der Waals surface area contributed by atoms with E-state index in [9.17, 15) is 13.2 Å². The van der Waals surface area contributed by atoms with E-state index in [0.717, 1.165) is 11.8 Å². The van der Waals surface area contributed by atoms with Gasteiger partial charge in [-0.1, -0.05) is 48.5 Å². The summed E-state index contributed by atoms with van der Waals surface area (Å²) in [5.41, 5.74) is 12.6. The van der Waals surface area contributed by atoms with Crippen LogP contribution in [0.5, 0.6) is 0 Å². The molecular weight excluding hydrogens is 458 g/mol. The maximum atomic E-state index is 12.7. The standard InChI is InChI=1S/C22H31N7O4S/c1-22(2,23)21(30)24-19(15-33-14-16-9-5-4-6-10-16)20-25-27-28-29(20)13-17-11-7-8-12-18(17)26-34(3,31)32/h4-12,19,26-28H,13-15,23H2,1-3H3,(H,24,30)/t19-/m1/s1. The first-order valence-electron chi connectivity index (χ1n) is 10.7. The van der Waals surface area contributed by atoms with Crippen LogP contribution >= 0.6 is 0 Å². The van der Waals surface area contributed by atoms with Crippen LogP contribution in [0.3, 0.4) is 0 Å². The number of nitrogens with two attached hydrogens (primary N) is 1. The van der Waals surface area contributed by atoms with Gasteiger partial charge in [0.05, 0.1) is 37.2 Å². The highest BCUT2D eigenvalue weighted by Crippen LogP contribution is 2.19. The second kappa shape index (κ2) is 10.8. The summed E-state index contributed by atoms with van der Waals surface area (Å²) in [5, 5.41) is 8.86. The lowest BCUT2D eigenvalue weighted by Crippen LogP contribution is -2.58. The summed E-state index contributed by atoms with van der Waals surface area (Å²) in [4.78, 5) is 12.7. The summed E-state index contributed by atoms with van der Waals surface area (Å²) in [7, 11) is -3.46. The van der Waals surface area contributed by atoms with E-state index in [-0.39, 0.29) is 19.1 Å². The molecule has 2 aromatic carbocycles. The number of carbonyl (C=O) groups is 1. The molecule has 2 aromatic rings. The van der Waals surface area contributed by atoms with Gasteiger partial charge < -0.3 is 15.8 Å². The van der Waals surface area contributed by atoms with Crippen LogP contribution in [0.2, 0.25) is 0 Å². The number of carbonyl (C=O) groups excluding carboxylic acids is 1. The molecule has 0 aromatic heterocycles. The monoisotopic (exact) mass is 489 g/mol. The summed E-state index contributed by atoms with van der Waals surface area (Å²) in [6.07, 6.45) is 1.09. The van der Waals surface area contributed by atoms with Gasteiger partial charge in [0.2, 0.25) is 15.9 Å². The minimum atomic E-state index is -3.46. The minimum Gasteiger partial charge on any atom is -0.374 e. The second-order valence-electron chi connectivity index (χ2n) is 8.56. The van der Waals surface area contributed by atoms with Crippen LogP contribution in [0.4, 0.5) is 5.69 Å². The number of hydrazone groups is 1. The summed E-state index contributed by atoms with van der Waals surface area (Å²) < 4.78 is 31.9. The quantitative estimate of drug-likeness (QED) is 0.309. The highest BCUT2D eigenvalue weighted by Gasteiger charge is 2.32. The van der Waals surface area contributed by atoms with E-state index in [1.165, 1.54) is 0 Å². The van der Waals surface area contributed by atoms with E-state index in [2.05, 4.69) is 26.2 Å². The average molecular weight is 490 g/mol. The summed E-state index contributed by atoms with van der Waals surface area (Å²) in [5.74, 6) is 0.0920. The molecule has 1 aliphatic rings. The molecule has 1 amide bonds. The predicted octanol–water partition coefficient (Wildman–Crippen LogP) is 0.635. The molecule has 184 valence electrons. The molecule has 0 bridgehead atoms. The van der Waals surface area contributed by atoms with Crippen LogP contribution < -0.4 is 26.8 Å². The van der Waals surface area contributed by atoms with E-state index in [1.54, 1.807) is 37.1 Å². The number of amides is 1. The Bertz CT molecular complexity index is 1120. The van der Waals surface area contributed by atoms with E-state index in [4.69, 9.17) is 10.5 Å². The van der Waals surface area contributed by atoms with Crippen LogP contribution in [0.15, 0.2) is 59.7 Å². The molecule has 0 spiro atoms.